The Balaban J connectivity index is 1.62. The van der Waals surface area contributed by atoms with Gasteiger partial charge in [0.2, 0.25) is 15.9 Å². The second-order valence-electron chi connectivity index (χ2n) is 6.15. The lowest BCUT2D eigenvalue weighted by Gasteiger charge is -2.16. The summed E-state index contributed by atoms with van der Waals surface area (Å²) in [6.45, 7) is 2.57. The molecule has 1 atom stereocenters. The predicted molar refractivity (Wildman–Crippen MR) is 107 cm³/mol. The fraction of sp³-hybridized carbons (Fsp3) is 0.316. The summed E-state index contributed by atoms with van der Waals surface area (Å²) in [4.78, 5) is 13.3. The Morgan fingerprint density at radius 3 is 2.65 bits per heavy atom. The van der Waals surface area contributed by atoms with Crippen molar-refractivity contribution in [3.8, 4) is 0 Å². The van der Waals surface area contributed by atoms with Crippen molar-refractivity contribution < 1.29 is 13.2 Å². The van der Waals surface area contributed by atoms with E-state index in [9.17, 15) is 13.2 Å². The normalized spacial score (nSPS) is 17.5. The van der Waals surface area contributed by atoms with Gasteiger partial charge >= 0.3 is 0 Å². The van der Waals surface area contributed by atoms with Gasteiger partial charge in [0.1, 0.15) is 0 Å². The molecule has 1 fully saturated rings. The van der Waals surface area contributed by atoms with Gasteiger partial charge in [0, 0.05) is 17.5 Å². The fourth-order valence-corrected chi connectivity index (χ4v) is 5.36. The molecule has 7 heteroatoms. The number of hydrogen-bond acceptors (Lipinski definition) is 4. The third kappa shape index (κ3) is 4.34. The van der Waals surface area contributed by atoms with E-state index >= 15 is 0 Å². The highest BCUT2D eigenvalue weighted by Crippen LogP contribution is 2.24. The number of rotatable bonds is 6. The number of hydrogen-bond donors (Lipinski definition) is 1. The molecule has 0 aliphatic carbocycles. The minimum atomic E-state index is -3.16. The zero-order valence-electron chi connectivity index (χ0n) is 14.6. The van der Waals surface area contributed by atoms with Crippen molar-refractivity contribution >= 4 is 39.0 Å². The molecule has 0 radical (unpaired) electrons. The summed E-state index contributed by atoms with van der Waals surface area (Å²) < 4.78 is 25.3. The smallest absolute Gasteiger partial charge is 0.244 e. The predicted octanol–water partition coefficient (Wildman–Crippen LogP) is 3.57. The number of amides is 1. The van der Waals surface area contributed by atoms with Crippen LogP contribution in [0.3, 0.4) is 0 Å². The van der Waals surface area contributed by atoms with Gasteiger partial charge in [-0.3, -0.25) is 9.10 Å². The second-order valence-corrected chi connectivity index (χ2v) is 9.14. The van der Waals surface area contributed by atoms with Gasteiger partial charge in [-0.2, -0.15) is 0 Å². The fourth-order valence-electron chi connectivity index (χ4n) is 2.94. The third-order valence-electron chi connectivity index (χ3n) is 4.32. The van der Waals surface area contributed by atoms with E-state index in [2.05, 4.69) is 5.32 Å². The van der Waals surface area contributed by atoms with Gasteiger partial charge in [-0.25, -0.2) is 8.42 Å². The van der Waals surface area contributed by atoms with Crippen molar-refractivity contribution in [3.63, 3.8) is 0 Å². The molecule has 26 heavy (non-hydrogen) atoms. The molecule has 1 aliphatic heterocycles. The first-order chi connectivity index (χ1) is 12.5. The van der Waals surface area contributed by atoms with Crippen molar-refractivity contribution in [1.82, 2.24) is 5.32 Å². The quantitative estimate of drug-likeness (QED) is 0.767. The molecule has 3 rings (SSSR count). The molecule has 1 N–H and O–H groups in total. The van der Waals surface area contributed by atoms with Crippen LogP contribution in [0, 0.1) is 0 Å². The number of anilines is 1. The lowest BCUT2D eigenvalue weighted by Crippen LogP contribution is -2.25. The molecule has 2 aromatic rings. The van der Waals surface area contributed by atoms with E-state index in [-0.39, 0.29) is 17.7 Å². The first kappa shape index (κ1) is 18.7. The summed E-state index contributed by atoms with van der Waals surface area (Å²) >= 11 is 1.63. The summed E-state index contributed by atoms with van der Waals surface area (Å²) in [6, 6.07) is 11.2. The Morgan fingerprint density at radius 1 is 1.31 bits per heavy atom. The number of benzene rings is 1. The van der Waals surface area contributed by atoms with Crippen LogP contribution in [0.5, 0.6) is 0 Å². The maximum atomic E-state index is 12.2. The average Bonchev–Trinajstić information content (AvgIpc) is 3.27. The van der Waals surface area contributed by atoms with Crippen molar-refractivity contribution in [2.45, 2.75) is 25.8 Å². The van der Waals surface area contributed by atoms with E-state index in [1.54, 1.807) is 29.5 Å². The first-order valence-electron chi connectivity index (χ1n) is 8.62. The Labute approximate surface area is 158 Å². The van der Waals surface area contributed by atoms with Crippen LogP contribution in [-0.4, -0.2) is 26.6 Å². The van der Waals surface area contributed by atoms with E-state index in [1.807, 2.05) is 36.6 Å². The SMILES string of the molecule is CCC(NC(=O)/C=C/c1ccc(N2CCCS2(=O)=O)cc1)c1cccs1. The number of carbonyl (C=O) groups excluding carboxylic acids is 1. The van der Waals surface area contributed by atoms with E-state index in [0.29, 0.717) is 18.7 Å². The maximum Gasteiger partial charge on any atom is 0.244 e. The lowest BCUT2D eigenvalue weighted by atomic mass is 10.1. The van der Waals surface area contributed by atoms with Crippen molar-refractivity contribution in [2.75, 3.05) is 16.6 Å². The Bertz CT molecular complexity index is 872. The molecule has 1 saturated heterocycles. The average molecular weight is 391 g/mol. The van der Waals surface area contributed by atoms with Crippen molar-refractivity contribution in [1.29, 1.82) is 0 Å². The van der Waals surface area contributed by atoms with Gasteiger partial charge < -0.3 is 5.32 Å². The number of carbonyl (C=O) groups is 1. The topological polar surface area (TPSA) is 66.5 Å². The first-order valence-corrected chi connectivity index (χ1v) is 11.1. The Hall–Kier alpha value is -2.12. The molecule has 1 aromatic carbocycles. The van der Waals surface area contributed by atoms with E-state index in [4.69, 9.17) is 0 Å². The highest BCUT2D eigenvalue weighted by atomic mass is 32.2. The van der Waals surface area contributed by atoms with Crippen LogP contribution < -0.4 is 9.62 Å². The van der Waals surface area contributed by atoms with Gasteiger partial charge in [-0.1, -0.05) is 25.1 Å². The molecule has 0 spiro atoms. The largest absolute Gasteiger partial charge is 0.345 e. The monoisotopic (exact) mass is 390 g/mol. The van der Waals surface area contributed by atoms with Crippen molar-refractivity contribution in [3.05, 3.63) is 58.3 Å². The molecule has 1 aromatic heterocycles. The van der Waals surface area contributed by atoms with Crippen LogP contribution in [-0.2, 0) is 14.8 Å². The molecule has 2 heterocycles. The van der Waals surface area contributed by atoms with E-state index in [1.165, 1.54) is 10.4 Å². The van der Waals surface area contributed by atoms with Crippen LogP contribution in [0.25, 0.3) is 6.08 Å². The zero-order valence-corrected chi connectivity index (χ0v) is 16.2. The molecule has 1 aliphatic rings. The highest BCUT2D eigenvalue weighted by Gasteiger charge is 2.28. The summed E-state index contributed by atoms with van der Waals surface area (Å²) in [5.41, 5.74) is 1.53. The molecule has 0 bridgehead atoms. The highest BCUT2D eigenvalue weighted by molar-refractivity contribution is 7.93. The van der Waals surface area contributed by atoms with Gasteiger partial charge in [-0.15, -0.1) is 11.3 Å². The Morgan fingerprint density at radius 2 is 2.08 bits per heavy atom. The second kappa shape index (κ2) is 8.05. The molecular formula is C19H22N2O3S2. The van der Waals surface area contributed by atoms with Crippen molar-refractivity contribution in [2.24, 2.45) is 0 Å². The minimum absolute atomic E-state index is 0.0231. The van der Waals surface area contributed by atoms with Gasteiger partial charge in [0.05, 0.1) is 17.5 Å². The summed E-state index contributed by atoms with van der Waals surface area (Å²) in [7, 11) is -3.16. The molecule has 1 amide bonds. The zero-order chi connectivity index (χ0) is 18.6. The van der Waals surface area contributed by atoms with Gasteiger partial charge in [0.15, 0.2) is 0 Å². The van der Waals surface area contributed by atoms with Gasteiger partial charge in [-0.05, 0) is 48.1 Å². The van der Waals surface area contributed by atoms with Gasteiger partial charge in [0.25, 0.3) is 0 Å². The van der Waals surface area contributed by atoms with Crippen LogP contribution in [0.4, 0.5) is 5.69 Å². The Kier molecular flexibility index (Phi) is 5.78. The van der Waals surface area contributed by atoms with E-state index in [0.717, 1.165) is 16.9 Å². The standard InChI is InChI=1S/C19H22N2O3S2/c1-2-17(18-5-3-13-25-18)20-19(22)11-8-15-6-9-16(10-7-15)21-12-4-14-26(21,23)24/h3,5-11,13,17H,2,4,12,14H2,1H3,(H,20,22)/b11-8+. The molecule has 5 nitrogen and oxygen atoms in total. The summed E-state index contributed by atoms with van der Waals surface area (Å²) in [5, 5.41) is 5.01. The number of sulfonamides is 1. The number of nitrogens with zero attached hydrogens (tertiary/aromatic N) is 1. The van der Waals surface area contributed by atoms with E-state index < -0.39 is 10.0 Å². The molecule has 1 unspecified atom stereocenters. The number of nitrogens with one attached hydrogen (secondary N) is 1. The molecule has 0 saturated carbocycles. The maximum absolute atomic E-state index is 12.2. The lowest BCUT2D eigenvalue weighted by molar-refractivity contribution is -0.117. The summed E-state index contributed by atoms with van der Waals surface area (Å²) in [6.07, 6.45) is 4.74. The van der Waals surface area contributed by atoms with Crippen LogP contribution in [0.1, 0.15) is 36.2 Å². The minimum Gasteiger partial charge on any atom is -0.345 e. The van der Waals surface area contributed by atoms with Crippen LogP contribution in [0.2, 0.25) is 0 Å². The molecule has 138 valence electrons. The van der Waals surface area contributed by atoms with Crippen LogP contribution >= 0.6 is 11.3 Å². The summed E-state index contributed by atoms with van der Waals surface area (Å²) in [5.74, 6) is 0.0638. The van der Waals surface area contributed by atoms with Crippen LogP contribution in [0.15, 0.2) is 47.9 Å². The number of thiophene rings is 1. The third-order valence-corrected chi connectivity index (χ3v) is 7.17. The molecular weight excluding hydrogens is 368 g/mol.